The molecule has 4 heteroatoms. The lowest BCUT2D eigenvalue weighted by atomic mass is 9.91. The number of nitrogens with two attached hydrogens (primary N) is 1. The molecule has 0 saturated heterocycles. The number of ether oxygens (including phenoxy) is 1. The average molecular weight is 378 g/mol. The van der Waals surface area contributed by atoms with Crippen LogP contribution in [0.5, 0.6) is 0 Å². The molecule has 1 aromatic rings. The van der Waals surface area contributed by atoms with E-state index in [-0.39, 0.29) is 17.8 Å². The Bertz CT molecular complexity index is 492. The zero-order valence-electron chi connectivity index (χ0n) is 17.2. The molecule has 0 amide bonds. The van der Waals surface area contributed by atoms with Crippen molar-refractivity contribution >= 4 is 5.78 Å². The van der Waals surface area contributed by atoms with Gasteiger partial charge in [0, 0.05) is 20.1 Å². The molecule has 3 atom stereocenters. The van der Waals surface area contributed by atoms with Gasteiger partial charge >= 0.3 is 0 Å². The van der Waals surface area contributed by atoms with Gasteiger partial charge in [0.1, 0.15) is 5.78 Å². The van der Waals surface area contributed by atoms with Crippen LogP contribution in [-0.4, -0.2) is 36.8 Å². The van der Waals surface area contributed by atoms with Crippen LogP contribution in [0.1, 0.15) is 70.3 Å². The van der Waals surface area contributed by atoms with E-state index in [9.17, 15) is 9.90 Å². The molecule has 0 saturated carbocycles. The average Bonchev–Trinajstić information content (AvgIpc) is 2.66. The maximum absolute atomic E-state index is 12.5. The third-order valence-electron chi connectivity index (χ3n) is 5.12. The van der Waals surface area contributed by atoms with Crippen molar-refractivity contribution in [2.45, 2.75) is 83.3 Å². The first kappa shape index (κ1) is 23.8. The minimum atomic E-state index is -0.491. The molecule has 0 radical (unpaired) electrons. The van der Waals surface area contributed by atoms with Crippen molar-refractivity contribution in [3.8, 4) is 0 Å². The van der Waals surface area contributed by atoms with E-state index in [0.29, 0.717) is 25.9 Å². The van der Waals surface area contributed by atoms with E-state index in [4.69, 9.17) is 10.5 Å². The van der Waals surface area contributed by atoms with Gasteiger partial charge in [-0.1, -0.05) is 69.4 Å². The van der Waals surface area contributed by atoms with Gasteiger partial charge in [0.15, 0.2) is 0 Å². The molecule has 0 bridgehead atoms. The molecule has 2 unspecified atom stereocenters. The molecule has 0 spiro atoms. The second-order valence-corrected chi connectivity index (χ2v) is 7.72. The molecule has 0 fully saturated rings. The normalized spacial score (nSPS) is 14.7. The first-order valence-electron chi connectivity index (χ1n) is 10.6. The highest BCUT2D eigenvalue weighted by Gasteiger charge is 2.20. The first-order chi connectivity index (χ1) is 13.1. The van der Waals surface area contributed by atoms with Gasteiger partial charge in [-0.15, -0.1) is 0 Å². The summed E-state index contributed by atoms with van der Waals surface area (Å²) in [4.78, 5) is 12.5. The third-order valence-corrected chi connectivity index (χ3v) is 5.12. The number of benzene rings is 1. The minimum Gasteiger partial charge on any atom is -0.393 e. The van der Waals surface area contributed by atoms with Gasteiger partial charge in [-0.2, -0.15) is 0 Å². The first-order valence-corrected chi connectivity index (χ1v) is 10.6. The SMILES string of the molecule is CCCCCCCC(O)CC[C@H](N)C(=O)CC(COC)Cc1ccccc1. The quantitative estimate of drug-likeness (QED) is 0.422. The predicted octanol–water partition coefficient (Wildman–Crippen LogP) is 4.28. The summed E-state index contributed by atoms with van der Waals surface area (Å²) < 4.78 is 5.29. The fourth-order valence-corrected chi connectivity index (χ4v) is 3.47. The Morgan fingerprint density at radius 2 is 1.78 bits per heavy atom. The number of unbranched alkanes of at least 4 members (excludes halogenated alkanes) is 4. The number of aliphatic hydroxyl groups is 1. The molecule has 4 nitrogen and oxygen atoms in total. The van der Waals surface area contributed by atoms with Crippen LogP contribution in [0.3, 0.4) is 0 Å². The second kappa shape index (κ2) is 14.8. The van der Waals surface area contributed by atoms with Crippen LogP contribution in [0.2, 0.25) is 0 Å². The van der Waals surface area contributed by atoms with Gasteiger partial charge in [0.25, 0.3) is 0 Å². The summed E-state index contributed by atoms with van der Waals surface area (Å²) in [6.07, 6.45) is 8.83. The fourth-order valence-electron chi connectivity index (χ4n) is 3.47. The van der Waals surface area contributed by atoms with Crippen molar-refractivity contribution in [2.24, 2.45) is 11.7 Å². The van der Waals surface area contributed by atoms with Crippen LogP contribution in [0, 0.1) is 5.92 Å². The van der Waals surface area contributed by atoms with Crippen LogP contribution in [-0.2, 0) is 16.0 Å². The number of carbonyl (C=O) groups excluding carboxylic acids is 1. The molecule has 0 aliphatic rings. The van der Waals surface area contributed by atoms with Gasteiger partial charge in [-0.05, 0) is 37.2 Å². The molecular weight excluding hydrogens is 338 g/mol. The number of methoxy groups -OCH3 is 1. The van der Waals surface area contributed by atoms with Gasteiger partial charge in [-0.3, -0.25) is 4.79 Å². The van der Waals surface area contributed by atoms with Crippen LogP contribution < -0.4 is 5.73 Å². The van der Waals surface area contributed by atoms with Crippen molar-refractivity contribution in [1.82, 2.24) is 0 Å². The van der Waals surface area contributed by atoms with Crippen LogP contribution in [0.4, 0.5) is 0 Å². The minimum absolute atomic E-state index is 0.0723. The standard InChI is InChI=1S/C23H39NO3/c1-3-4-5-6-10-13-21(25)14-15-22(24)23(26)17-20(18-27-2)16-19-11-8-7-9-12-19/h7-9,11-12,20-22,25H,3-6,10,13-18,24H2,1-2H3/t20?,21?,22-/m0/s1. The van der Waals surface area contributed by atoms with Crippen molar-refractivity contribution < 1.29 is 14.6 Å². The Balaban J connectivity index is 2.31. The van der Waals surface area contributed by atoms with E-state index in [1.54, 1.807) is 7.11 Å². The number of aliphatic hydroxyl groups excluding tert-OH is 1. The highest BCUT2D eigenvalue weighted by Crippen LogP contribution is 2.16. The number of rotatable bonds is 16. The van der Waals surface area contributed by atoms with Crippen LogP contribution in [0.15, 0.2) is 30.3 Å². The number of Topliss-reactive ketones (excluding diaryl/α,β-unsaturated/α-hetero) is 1. The van der Waals surface area contributed by atoms with Crippen LogP contribution >= 0.6 is 0 Å². The fraction of sp³-hybridized carbons (Fsp3) is 0.696. The molecule has 154 valence electrons. The predicted molar refractivity (Wildman–Crippen MR) is 112 cm³/mol. The van der Waals surface area contributed by atoms with E-state index in [2.05, 4.69) is 19.1 Å². The molecular formula is C23H39NO3. The lowest BCUT2D eigenvalue weighted by Gasteiger charge is -2.19. The smallest absolute Gasteiger partial charge is 0.149 e. The Morgan fingerprint density at radius 1 is 1.07 bits per heavy atom. The zero-order valence-corrected chi connectivity index (χ0v) is 17.2. The molecule has 27 heavy (non-hydrogen) atoms. The largest absolute Gasteiger partial charge is 0.393 e. The molecule has 0 aromatic heterocycles. The van der Waals surface area contributed by atoms with Gasteiger partial charge in [-0.25, -0.2) is 0 Å². The molecule has 0 heterocycles. The van der Waals surface area contributed by atoms with E-state index >= 15 is 0 Å². The number of hydrogen-bond donors (Lipinski definition) is 2. The summed E-state index contributed by atoms with van der Waals surface area (Å²) in [6.45, 7) is 2.75. The topological polar surface area (TPSA) is 72.5 Å². The van der Waals surface area contributed by atoms with Gasteiger partial charge in [0.05, 0.1) is 12.1 Å². The molecule has 1 rings (SSSR count). The van der Waals surface area contributed by atoms with E-state index in [1.165, 1.54) is 31.2 Å². The lowest BCUT2D eigenvalue weighted by molar-refractivity contribution is -0.121. The highest BCUT2D eigenvalue weighted by molar-refractivity contribution is 5.83. The second-order valence-electron chi connectivity index (χ2n) is 7.72. The van der Waals surface area contributed by atoms with Gasteiger partial charge in [0.2, 0.25) is 0 Å². The van der Waals surface area contributed by atoms with Crippen LogP contribution in [0.25, 0.3) is 0 Å². The molecule has 1 aromatic carbocycles. The Labute approximate surface area is 165 Å². The van der Waals surface area contributed by atoms with Crippen molar-refractivity contribution in [2.75, 3.05) is 13.7 Å². The Kier molecular flexibility index (Phi) is 13.0. The van der Waals surface area contributed by atoms with E-state index in [1.807, 2.05) is 18.2 Å². The summed E-state index contributed by atoms with van der Waals surface area (Å²) in [7, 11) is 1.67. The zero-order chi connectivity index (χ0) is 19.9. The number of ketones is 1. The highest BCUT2D eigenvalue weighted by atomic mass is 16.5. The Morgan fingerprint density at radius 3 is 2.44 bits per heavy atom. The van der Waals surface area contributed by atoms with E-state index in [0.717, 1.165) is 19.3 Å². The molecule has 0 aliphatic carbocycles. The van der Waals surface area contributed by atoms with Gasteiger partial charge < -0.3 is 15.6 Å². The maximum atomic E-state index is 12.5. The number of carbonyl (C=O) groups is 1. The summed E-state index contributed by atoms with van der Waals surface area (Å²) >= 11 is 0. The van der Waals surface area contributed by atoms with E-state index < -0.39 is 6.04 Å². The third kappa shape index (κ3) is 11.3. The van der Waals surface area contributed by atoms with Crippen molar-refractivity contribution in [3.05, 3.63) is 35.9 Å². The summed E-state index contributed by atoms with van der Waals surface area (Å²) in [5.41, 5.74) is 7.30. The lowest BCUT2D eigenvalue weighted by Crippen LogP contribution is -2.33. The monoisotopic (exact) mass is 377 g/mol. The summed E-state index contributed by atoms with van der Waals surface area (Å²) in [5.74, 6) is 0.211. The Hall–Kier alpha value is -1.23. The molecule has 0 aliphatic heterocycles. The number of hydrogen-bond acceptors (Lipinski definition) is 4. The maximum Gasteiger partial charge on any atom is 0.149 e. The summed E-state index contributed by atoms with van der Waals surface area (Å²) in [6, 6.07) is 9.67. The summed E-state index contributed by atoms with van der Waals surface area (Å²) in [5, 5.41) is 10.1. The molecule has 3 N–H and O–H groups in total. The van der Waals surface area contributed by atoms with Crippen molar-refractivity contribution in [1.29, 1.82) is 0 Å². The van der Waals surface area contributed by atoms with Crippen molar-refractivity contribution in [3.63, 3.8) is 0 Å².